The van der Waals surface area contributed by atoms with E-state index in [-0.39, 0.29) is 18.2 Å². The van der Waals surface area contributed by atoms with Gasteiger partial charge in [-0.2, -0.15) is 8.78 Å². The average Bonchev–Trinajstić information content (AvgIpc) is 2.68. The predicted octanol–water partition coefficient (Wildman–Crippen LogP) is 5.57. The Morgan fingerprint density at radius 3 is 2.11 bits per heavy atom. The van der Waals surface area contributed by atoms with Gasteiger partial charge in [-0.1, -0.05) is 28.1 Å². The molecule has 0 spiro atoms. The number of hydrogen-bond acceptors (Lipinski definition) is 3. The molecule has 0 radical (unpaired) electrons. The smallest absolute Gasteiger partial charge is 0.205 e. The van der Waals surface area contributed by atoms with Crippen molar-refractivity contribution in [3.8, 4) is 11.5 Å². The zero-order valence-electron chi connectivity index (χ0n) is 14.6. The summed E-state index contributed by atoms with van der Waals surface area (Å²) in [5.41, 5.74) is -0.776. The van der Waals surface area contributed by atoms with Crippen molar-refractivity contribution in [2.45, 2.75) is 0 Å². The predicted molar refractivity (Wildman–Crippen MR) is 104 cm³/mol. The van der Waals surface area contributed by atoms with Gasteiger partial charge in [0.15, 0.2) is 11.6 Å². The third-order valence-corrected chi connectivity index (χ3v) is 4.57. The highest BCUT2D eigenvalue weighted by atomic mass is 79.9. The van der Waals surface area contributed by atoms with Crippen molar-refractivity contribution in [2.75, 3.05) is 32.8 Å². The highest BCUT2D eigenvalue weighted by molar-refractivity contribution is 9.10. The molecule has 9 heteroatoms. The van der Waals surface area contributed by atoms with Crippen molar-refractivity contribution in [3.05, 3.63) is 63.6 Å². The summed E-state index contributed by atoms with van der Waals surface area (Å²) in [5, 5.41) is 0. The van der Waals surface area contributed by atoms with Gasteiger partial charge in [0.25, 0.3) is 0 Å². The molecule has 1 heterocycles. The zero-order valence-corrected chi connectivity index (χ0v) is 17.0. The standard InChI is InChI=1S/C19H16BrF4NO2.ClH/c20-12-3-5-13(6-4-12)27-19-17(23)15(21)14(16(22)18(19)24)2-1-7-25-8-10-26-11-9-25;/h1-6H,7-11H2;1H/b2-1+;. The third-order valence-electron chi connectivity index (χ3n) is 4.04. The van der Waals surface area contributed by atoms with Crippen LogP contribution in [0.1, 0.15) is 5.56 Å². The summed E-state index contributed by atoms with van der Waals surface area (Å²) in [6.45, 7) is 2.89. The number of morpholine rings is 1. The minimum atomic E-state index is -1.58. The molecule has 1 saturated heterocycles. The van der Waals surface area contributed by atoms with Gasteiger partial charge in [0.2, 0.25) is 17.4 Å². The lowest BCUT2D eigenvalue weighted by atomic mass is 10.1. The summed E-state index contributed by atoms with van der Waals surface area (Å²) < 4.78 is 68.0. The summed E-state index contributed by atoms with van der Waals surface area (Å²) in [4.78, 5) is 1.99. The van der Waals surface area contributed by atoms with Gasteiger partial charge in [0.1, 0.15) is 5.75 Å². The van der Waals surface area contributed by atoms with Crippen molar-refractivity contribution in [2.24, 2.45) is 0 Å². The third kappa shape index (κ3) is 5.26. The molecule has 0 bridgehead atoms. The Morgan fingerprint density at radius 1 is 0.964 bits per heavy atom. The number of halogens is 6. The molecule has 3 nitrogen and oxygen atoms in total. The zero-order chi connectivity index (χ0) is 19.4. The first-order valence-electron chi connectivity index (χ1n) is 8.23. The molecule has 2 aromatic rings. The fourth-order valence-corrected chi connectivity index (χ4v) is 2.85. The van der Waals surface area contributed by atoms with Gasteiger partial charge in [-0.3, -0.25) is 4.90 Å². The van der Waals surface area contributed by atoms with Crippen molar-refractivity contribution < 1.29 is 27.0 Å². The maximum atomic E-state index is 14.3. The van der Waals surface area contributed by atoms with E-state index in [1.165, 1.54) is 18.2 Å². The van der Waals surface area contributed by atoms with Crippen LogP contribution in [0.15, 0.2) is 34.8 Å². The first-order valence-corrected chi connectivity index (χ1v) is 9.02. The quantitative estimate of drug-likeness (QED) is 0.411. The van der Waals surface area contributed by atoms with E-state index in [1.54, 1.807) is 12.1 Å². The molecule has 1 aliphatic heterocycles. The van der Waals surface area contributed by atoms with Crippen molar-refractivity contribution in [1.29, 1.82) is 0 Å². The summed E-state index contributed by atoms with van der Waals surface area (Å²) in [7, 11) is 0. The Morgan fingerprint density at radius 2 is 1.54 bits per heavy atom. The van der Waals surface area contributed by atoms with E-state index in [0.29, 0.717) is 37.3 Å². The molecule has 28 heavy (non-hydrogen) atoms. The lowest BCUT2D eigenvalue weighted by Gasteiger charge is -2.25. The molecular formula is C19H17BrClF4NO2. The lowest BCUT2D eigenvalue weighted by Crippen LogP contribution is -2.36. The molecule has 2 aromatic carbocycles. The topological polar surface area (TPSA) is 21.7 Å². The van der Waals surface area contributed by atoms with E-state index < -0.39 is 34.6 Å². The first-order chi connectivity index (χ1) is 13.0. The van der Waals surface area contributed by atoms with Crippen LogP contribution in [0.4, 0.5) is 17.6 Å². The molecule has 0 aliphatic carbocycles. The molecule has 0 saturated carbocycles. The van der Waals surface area contributed by atoms with Crippen LogP contribution in [0.2, 0.25) is 0 Å². The summed E-state index contributed by atoms with van der Waals surface area (Å²) in [6, 6.07) is 5.96. The number of hydrogen-bond donors (Lipinski definition) is 0. The van der Waals surface area contributed by atoms with E-state index in [2.05, 4.69) is 15.9 Å². The van der Waals surface area contributed by atoms with Crippen LogP contribution in [-0.4, -0.2) is 37.7 Å². The summed E-state index contributed by atoms with van der Waals surface area (Å²) >= 11 is 3.20. The van der Waals surface area contributed by atoms with Crippen LogP contribution in [0.5, 0.6) is 11.5 Å². The fourth-order valence-electron chi connectivity index (χ4n) is 2.59. The van der Waals surface area contributed by atoms with Crippen molar-refractivity contribution in [3.63, 3.8) is 0 Å². The molecule has 152 valence electrons. The summed E-state index contributed by atoms with van der Waals surface area (Å²) in [5.74, 6) is -7.23. The molecule has 0 amide bonds. The maximum absolute atomic E-state index is 14.3. The first kappa shape index (κ1) is 22.7. The van der Waals surface area contributed by atoms with Crippen LogP contribution in [0, 0.1) is 23.3 Å². The largest absolute Gasteiger partial charge is 0.451 e. The minimum absolute atomic E-state index is 0. The number of benzene rings is 2. The number of rotatable bonds is 5. The van der Waals surface area contributed by atoms with E-state index in [1.807, 2.05) is 4.90 Å². The number of ether oxygens (including phenoxy) is 2. The van der Waals surface area contributed by atoms with Gasteiger partial charge in [0.05, 0.1) is 18.8 Å². The Labute approximate surface area is 174 Å². The normalized spacial score (nSPS) is 14.9. The maximum Gasteiger partial charge on any atom is 0.205 e. The van der Waals surface area contributed by atoms with E-state index >= 15 is 0 Å². The Kier molecular flexibility index (Phi) is 8.30. The SMILES string of the molecule is Cl.Fc1c(F)c(Oc2ccc(Br)cc2)c(F)c(F)c1/C=C/CN1CCOCC1. The van der Waals surface area contributed by atoms with Gasteiger partial charge >= 0.3 is 0 Å². The van der Waals surface area contributed by atoms with E-state index in [4.69, 9.17) is 9.47 Å². The van der Waals surface area contributed by atoms with Gasteiger partial charge in [0, 0.05) is 24.1 Å². The Bertz CT molecular complexity index is 814. The van der Waals surface area contributed by atoms with Gasteiger partial charge < -0.3 is 9.47 Å². The number of nitrogens with zero attached hydrogens (tertiary/aromatic N) is 1. The van der Waals surface area contributed by atoms with Gasteiger partial charge in [-0.05, 0) is 24.3 Å². The van der Waals surface area contributed by atoms with Crippen LogP contribution in [-0.2, 0) is 4.74 Å². The average molecular weight is 483 g/mol. The fraction of sp³-hybridized carbons (Fsp3) is 0.263. The second kappa shape index (κ2) is 10.2. The Balaban J connectivity index is 0.00000280. The molecular weight excluding hydrogens is 466 g/mol. The molecule has 1 aliphatic rings. The van der Waals surface area contributed by atoms with Crippen LogP contribution >= 0.6 is 28.3 Å². The highest BCUT2D eigenvalue weighted by Gasteiger charge is 2.26. The molecule has 3 rings (SSSR count). The Hall–Kier alpha value is -1.61. The van der Waals surface area contributed by atoms with Gasteiger partial charge in [-0.15, -0.1) is 12.4 Å². The van der Waals surface area contributed by atoms with Gasteiger partial charge in [-0.25, -0.2) is 8.78 Å². The lowest BCUT2D eigenvalue weighted by molar-refractivity contribution is 0.0435. The van der Waals surface area contributed by atoms with Crippen molar-refractivity contribution in [1.82, 2.24) is 4.90 Å². The second-order valence-electron chi connectivity index (χ2n) is 5.87. The van der Waals surface area contributed by atoms with Crippen LogP contribution in [0.3, 0.4) is 0 Å². The molecule has 0 atom stereocenters. The van der Waals surface area contributed by atoms with Crippen LogP contribution in [0.25, 0.3) is 6.08 Å². The summed E-state index contributed by atoms with van der Waals surface area (Å²) in [6.07, 6.45) is 2.50. The molecule has 0 unspecified atom stereocenters. The van der Waals surface area contributed by atoms with Crippen LogP contribution < -0.4 is 4.74 Å². The van der Waals surface area contributed by atoms with E-state index in [0.717, 1.165) is 6.08 Å². The highest BCUT2D eigenvalue weighted by Crippen LogP contribution is 2.34. The molecule has 1 fully saturated rings. The molecule has 0 aromatic heterocycles. The second-order valence-corrected chi connectivity index (χ2v) is 6.79. The van der Waals surface area contributed by atoms with E-state index in [9.17, 15) is 17.6 Å². The molecule has 0 N–H and O–H groups in total. The minimum Gasteiger partial charge on any atom is -0.451 e. The van der Waals surface area contributed by atoms with Crippen molar-refractivity contribution >= 4 is 34.4 Å². The monoisotopic (exact) mass is 481 g/mol.